The molecule has 5 aliphatic heterocycles. The zero-order valence-corrected chi connectivity index (χ0v) is 17.1. The maximum absolute atomic E-state index is 14.1. The van der Waals surface area contributed by atoms with Crippen molar-refractivity contribution in [1.82, 2.24) is 4.90 Å². The Hall–Kier alpha value is -0.830. The zero-order valence-electron chi connectivity index (χ0n) is 17.1. The second-order valence-electron chi connectivity index (χ2n) is 9.66. The van der Waals surface area contributed by atoms with Crippen molar-refractivity contribution in [3.8, 4) is 0 Å². The largest absolute Gasteiger partial charge is 0.456 e. The Bertz CT molecular complexity index is 692. The predicted octanol–water partition coefficient (Wildman–Crippen LogP) is 4.53. The molecular weight excluding hydrogens is 387 g/mol. The van der Waals surface area contributed by atoms with Gasteiger partial charge in [0.2, 0.25) is 17.8 Å². The molecule has 164 valence electrons. The lowest BCUT2D eigenvalue weighted by Gasteiger charge is -2.57. The first kappa shape index (κ1) is 20.1. The molecule has 0 aromatic rings. The molecule has 5 fully saturated rings. The number of ether oxygens (including phenoxy) is 2. The normalized spacial score (nSPS) is 45.6. The monoisotopic (exact) mass is 417 g/mol. The van der Waals surface area contributed by atoms with E-state index in [1.54, 1.807) is 6.92 Å². The summed E-state index contributed by atoms with van der Waals surface area (Å²) >= 11 is 0. The molecule has 6 aliphatic rings. The van der Waals surface area contributed by atoms with Crippen molar-refractivity contribution in [2.24, 2.45) is 17.8 Å². The summed E-state index contributed by atoms with van der Waals surface area (Å²) in [7, 11) is 0. The van der Waals surface area contributed by atoms with Crippen LogP contribution in [0.1, 0.15) is 58.8 Å². The maximum Gasteiger partial charge on any atom is 0.449 e. The Kier molecular flexibility index (Phi) is 4.74. The number of halogens is 3. The minimum Gasteiger partial charge on any atom is -0.456 e. The van der Waals surface area contributed by atoms with E-state index in [2.05, 4.69) is 11.8 Å². The zero-order chi connectivity index (χ0) is 20.4. The molecule has 1 aliphatic carbocycles. The molecule has 4 saturated heterocycles. The fourth-order valence-electron chi connectivity index (χ4n) is 6.28. The predicted molar refractivity (Wildman–Crippen MR) is 97.2 cm³/mol. The summed E-state index contributed by atoms with van der Waals surface area (Å²) in [5.41, 5.74) is -0.682. The smallest absolute Gasteiger partial charge is 0.449 e. The van der Waals surface area contributed by atoms with Gasteiger partial charge in [0.25, 0.3) is 0 Å². The number of alkyl halides is 3. The van der Waals surface area contributed by atoms with Gasteiger partial charge in [-0.05, 0) is 63.6 Å². The van der Waals surface area contributed by atoms with Gasteiger partial charge in [-0.15, -0.1) is 0 Å². The van der Waals surface area contributed by atoms with Crippen molar-refractivity contribution >= 4 is 0 Å². The van der Waals surface area contributed by atoms with Gasteiger partial charge in [0.1, 0.15) is 0 Å². The molecule has 1 saturated carbocycles. The van der Waals surface area contributed by atoms with Crippen LogP contribution < -0.4 is 0 Å². The van der Waals surface area contributed by atoms with Crippen LogP contribution in [0.2, 0.25) is 0 Å². The molecule has 6 rings (SSSR count). The lowest BCUT2D eigenvalue weighted by molar-refractivity contribution is -0.557. The molecule has 2 bridgehead atoms. The van der Waals surface area contributed by atoms with Crippen LogP contribution in [-0.4, -0.2) is 48.4 Å². The molecule has 5 nitrogen and oxygen atoms in total. The molecule has 0 radical (unpaired) electrons. The third-order valence-electron chi connectivity index (χ3n) is 7.76. The average Bonchev–Trinajstić information content (AvgIpc) is 2.90. The highest BCUT2D eigenvalue weighted by atomic mass is 19.4. The molecule has 0 aromatic carbocycles. The van der Waals surface area contributed by atoms with E-state index in [-0.39, 0.29) is 12.5 Å². The molecule has 5 heterocycles. The van der Waals surface area contributed by atoms with Gasteiger partial charge >= 0.3 is 6.18 Å². The minimum absolute atomic E-state index is 0.0433. The molecule has 6 atom stereocenters. The number of nitrogens with zero attached hydrogens (tertiary/aromatic N) is 1. The average molecular weight is 417 g/mol. The van der Waals surface area contributed by atoms with Crippen LogP contribution >= 0.6 is 0 Å². The van der Waals surface area contributed by atoms with Crippen LogP contribution in [-0.2, 0) is 19.2 Å². The number of allylic oxidation sites excluding steroid dienone is 1. The number of hydrogen-bond donors (Lipinski definition) is 0. The highest BCUT2D eigenvalue weighted by Crippen LogP contribution is 2.61. The summed E-state index contributed by atoms with van der Waals surface area (Å²) in [5, 5.41) is 0. The Labute approximate surface area is 169 Å². The molecule has 0 amide bonds. The fraction of sp³-hybridized carbons (Fsp3) is 0.905. The van der Waals surface area contributed by atoms with E-state index in [0.717, 1.165) is 45.2 Å². The van der Waals surface area contributed by atoms with Gasteiger partial charge in [-0.2, -0.15) is 13.2 Å². The van der Waals surface area contributed by atoms with E-state index in [1.807, 2.05) is 0 Å². The van der Waals surface area contributed by atoms with Crippen LogP contribution in [0, 0.1) is 17.8 Å². The van der Waals surface area contributed by atoms with Crippen molar-refractivity contribution in [3.63, 3.8) is 0 Å². The van der Waals surface area contributed by atoms with Crippen LogP contribution in [0.4, 0.5) is 13.2 Å². The van der Waals surface area contributed by atoms with Gasteiger partial charge in [-0.1, -0.05) is 13.3 Å². The topological polar surface area (TPSA) is 40.2 Å². The lowest BCUT2D eigenvalue weighted by atomic mass is 9.59. The number of hydrogen-bond acceptors (Lipinski definition) is 5. The van der Waals surface area contributed by atoms with E-state index >= 15 is 0 Å². The Morgan fingerprint density at radius 2 is 1.83 bits per heavy atom. The third-order valence-corrected chi connectivity index (χ3v) is 7.76. The second-order valence-corrected chi connectivity index (χ2v) is 9.66. The highest BCUT2D eigenvalue weighted by Gasteiger charge is 2.70. The third kappa shape index (κ3) is 3.13. The number of likely N-dealkylation sites (tertiary alicyclic amines) is 1. The Morgan fingerprint density at radius 3 is 2.55 bits per heavy atom. The van der Waals surface area contributed by atoms with Crippen LogP contribution in [0.15, 0.2) is 11.3 Å². The van der Waals surface area contributed by atoms with Crippen molar-refractivity contribution in [2.45, 2.75) is 82.6 Å². The first-order valence-corrected chi connectivity index (χ1v) is 11.0. The number of rotatable bonds is 2. The first-order chi connectivity index (χ1) is 13.7. The molecular formula is C21H30F3NO4. The van der Waals surface area contributed by atoms with E-state index in [1.165, 1.54) is 0 Å². The first-order valence-electron chi connectivity index (χ1n) is 11.0. The molecule has 1 unspecified atom stereocenters. The fourth-order valence-corrected chi connectivity index (χ4v) is 6.28. The summed E-state index contributed by atoms with van der Waals surface area (Å²) in [6.07, 6.45) is 0.415. The van der Waals surface area contributed by atoms with E-state index in [4.69, 9.17) is 19.2 Å². The summed E-state index contributed by atoms with van der Waals surface area (Å²) in [5.74, 6) is -1.99. The lowest BCUT2D eigenvalue weighted by Crippen LogP contribution is -2.67. The van der Waals surface area contributed by atoms with Crippen LogP contribution in [0.25, 0.3) is 0 Å². The maximum atomic E-state index is 14.1. The quantitative estimate of drug-likeness (QED) is 0.617. The Morgan fingerprint density at radius 1 is 1.07 bits per heavy atom. The van der Waals surface area contributed by atoms with Crippen molar-refractivity contribution in [3.05, 3.63) is 11.3 Å². The number of fused-ring (bicyclic) bond motifs is 2. The van der Waals surface area contributed by atoms with Crippen molar-refractivity contribution in [1.29, 1.82) is 0 Å². The van der Waals surface area contributed by atoms with Crippen molar-refractivity contribution in [2.75, 3.05) is 19.6 Å². The summed E-state index contributed by atoms with van der Waals surface area (Å²) in [4.78, 5) is 13.8. The summed E-state index contributed by atoms with van der Waals surface area (Å²) < 4.78 is 54.0. The van der Waals surface area contributed by atoms with Gasteiger partial charge in [-0.3, -0.25) is 4.90 Å². The van der Waals surface area contributed by atoms with Crippen LogP contribution in [0.3, 0.4) is 0 Å². The molecule has 1 spiro atoms. The summed E-state index contributed by atoms with van der Waals surface area (Å²) in [6.45, 7) is 5.80. The molecule has 29 heavy (non-hydrogen) atoms. The van der Waals surface area contributed by atoms with Crippen molar-refractivity contribution < 1.29 is 32.4 Å². The van der Waals surface area contributed by atoms with Gasteiger partial charge in [0, 0.05) is 24.8 Å². The van der Waals surface area contributed by atoms with Gasteiger partial charge in [0.05, 0.1) is 0 Å². The molecule has 0 aromatic heterocycles. The van der Waals surface area contributed by atoms with Crippen LogP contribution in [0.5, 0.6) is 0 Å². The molecule has 8 heteroatoms. The van der Waals surface area contributed by atoms with Gasteiger partial charge in [0.15, 0.2) is 5.60 Å². The summed E-state index contributed by atoms with van der Waals surface area (Å²) in [6, 6.07) is 0. The standard InChI is InChI=1S/C21H30F3NO4/c1-13-6-7-16-14(12-25-10-4-3-5-11-25)17(21(22,23)24)26-18-20(16)15(13)8-9-19(2,27-18)28-29-20/h13,15-16,18H,3-12H2,1-2H3/t13-,15?,16+,18-,19+,20-/m1/s1. The second kappa shape index (κ2) is 6.84. The van der Waals surface area contributed by atoms with E-state index in [0.29, 0.717) is 24.3 Å². The van der Waals surface area contributed by atoms with Gasteiger partial charge in [-0.25, -0.2) is 9.78 Å². The minimum atomic E-state index is -4.55. The molecule has 0 N–H and O–H groups in total. The Balaban J connectivity index is 1.60. The van der Waals surface area contributed by atoms with E-state index < -0.39 is 35.5 Å². The highest BCUT2D eigenvalue weighted by molar-refractivity contribution is 5.29. The van der Waals surface area contributed by atoms with Gasteiger partial charge < -0.3 is 9.47 Å². The van der Waals surface area contributed by atoms with E-state index in [9.17, 15) is 13.2 Å². The number of piperidine rings is 1. The SMILES string of the molecule is C[C@@H]1CC[C@H]2C(CN3CCCCC3)=C(C(F)(F)F)O[C@@H]3O[C@]4(C)CCC1[C@]32OO4.